The van der Waals surface area contributed by atoms with Crippen molar-refractivity contribution >= 4 is 19.2 Å². The van der Waals surface area contributed by atoms with E-state index in [1.165, 1.54) is 0 Å². The van der Waals surface area contributed by atoms with E-state index >= 15 is 0 Å². The number of hydrogen-bond acceptors (Lipinski definition) is 0. The molecule has 0 aliphatic heterocycles. The quantitative estimate of drug-likeness (QED) is 0.694. The van der Waals surface area contributed by atoms with Crippen LogP contribution in [0.2, 0.25) is 4.43 Å². The van der Waals surface area contributed by atoms with Gasteiger partial charge in [0.2, 0.25) is 0 Å². The molecule has 0 heterocycles. The van der Waals surface area contributed by atoms with E-state index in [4.69, 9.17) is 19.2 Å². The minimum absolute atomic E-state index is 0.401. The summed E-state index contributed by atoms with van der Waals surface area (Å²) in [5, 5.41) is 0. The molecule has 0 N–H and O–H groups in total. The zero-order chi connectivity index (χ0) is 5.98. The van der Waals surface area contributed by atoms with Gasteiger partial charge in [0.25, 0.3) is 0 Å². The van der Waals surface area contributed by atoms with Gasteiger partial charge >= 0.3 is 62.4 Å². The van der Waals surface area contributed by atoms with Crippen molar-refractivity contribution in [1.29, 1.82) is 0 Å². The molecule has 0 spiro atoms. The Bertz CT molecular complexity index is 116. The average molecular weight is 328 g/mol. The zero-order valence-electron chi connectivity index (χ0n) is 3.98. The summed E-state index contributed by atoms with van der Waals surface area (Å²) in [6, 6.07) is 0. The maximum atomic E-state index is 5.71. The van der Waals surface area contributed by atoms with Crippen LogP contribution in [0, 0.1) is 0 Å². The van der Waals surface area contributed by atoms with E-state index in [1.807, 2.05) is 12.2 Å². The van der Waals surface area contributed by atoms with Crippen molar-refractivity contribution in [3.05, 3.63) is 24.3 Å². The summed E-state index contributed by atoms with van der Waals surface area (Å²) in [6.45, 7) is 0. The number of rotatable bonds is 1. The monoisotopic (exact) mass is 328 g/mol. The van der Waals surface area contributed by atoms with Gasteiger partial charge in [0.15, 0.2) is 0 Å². The Labute approximate surface area is 62.3 Å². The Morgan fingerprint density at radius 2 is 1.62 bits per heavy atom. The SMILES string of the molecule is [Cl][Ir]([Cl])[CH]1C=CC=C1. The summed E-state index contributed by atoms with van der Waals surface area (Å²) in [4.78, 5) is 0. The fourth-order valence-electron chi connectivity index (χ4n) is 0.492. The van der Waals surface area contributed by atoms with Gasteiger partial charge in [-0.1, -0.05) is 0 Å². The van der Waals surface area contributed by atoms with E-state index in [0.717, 1.165) is 0 Å². The van der Waals surface area contributed by atoms with Crippen LogP contribution in [-0.2, 0) is 14.5 Å². The van der Waals surface area contributed by atoms with Gasteiger partial charge < -0.3 is 0 Å². The average Bonchev–Trinajstić information content (AvgIpc) is 2.12. The van der Waals surface area contributed by atoms with Gasteiger partial charge in [-0.05, 0) is 0 Å². The fourth-order valence-corrected chi connectivity index (χ4v) is 3.31. The molecule has 0 aromatic rings. The predicted octanol–water partition coefficient (Wildman–Crippen LogP) is 2.83. The van der Waals surface area contributed by atoms with Crippen molar-refractivity contribution in [2.45, 2.75) is 4.43 Å². The molecule has 0 unspecified atom stereocenters. The number of hydrogen-bond donors (Lipinski definition) is 0. The van der Waals surface area contributed by atoms with Crippen LogP contribution in [0.25, 0.3) is 0 Å². The van der Waals surface area contributed by atoms with Crippen LogP contribution in [0.5, 0.6) is 0 Å². The van der Waals surface area contributed by atoms with Crippen LogP contribution in [0.3, 0.4) is 0 Å². The molecule has 48 valence electrons. The third-order valence-corrected chi connectivity index (χ3v) is 5.73. The molecule has 0 aromatic heterocycles. The number of allylic oxidation sites excluding steroid dienone is 4. The van der Waals surface area contributed by atoms with E-state index in [2.05, 4.69) is 12.2 Å². The first-order chi connectivity index (χ1) is 3.80. The maximum absolute atomic E-state index is 5.71. The Balaban J connectivity index is 2.49. The molecular formula is C5H5Cl2Ir. The molecule has 0 nitrogen and oxygen atoms in total. The molecule has 3 heteroatoms. The van der Waals surface area contributed by atoms with Crippen LogP contribution in [0.15, 0.2) is 24.3 Å². The van der Waals surface area contributed by atoms with Crippen molar-refractivity contribution in [2.75, 3.05) is 0 Å². The molecule has 0 fully saturated rings. The molecule has 0 saturated carbocycles. The van der Waals surface area contributed by atoms with E-state index in [9.17, 15) is 0 Å². The van der Waals surface area contributed by atoms with Crippen LogP contribution in [0.1, 0.15) is 0 Å². The number of halogens is 2. The second kappa shape index (κ2) is 3.03. The van der Waals surface area contributed by atoms with Gasteiger partial charge in [-0.15, -0.1) is 0 Å². The molecule has 0 amide bonds. The first-order valence-electron chi connectivity index (χ1n) is 2.11. The summed E-state index contributed by atoms with van der Waals surface area (Å²) < 4.78 is 0.401. The topological polar surface area (TPSA) is 0 Å². The first-order valence-corrected chi connectivity index (χ1v) is 9.43. The second-order valence-electron chi connectivity index (χ2n) is 1.38. The molecular weight excluding hydrogens is 323 g/mol. The summed E-state index contributed by atoms with van der Waals surface area (Å²) in [6.07, 6.45) is 8.08. The molecule has 1 aliphatic carbocycles. The van der Waals surface area contributed by atoms with Crippen LogP contribution >= 0.6 is 19.2 Å². The summed E-state index contributed by atoms with van der Waals surface area (Å²) >= 11 is -1.69. The predicted molar refractivity (Wildman–Crippen MR) is 33.7 cm³/mol. The van der Waals surface area contributed by atoms with Gasteiger partial charge in [0, 0.05) is 0 Å². The van der Waals surface area contributed by atoms with Crippen molar-refractivity contribution in [3.8, 4) is 0 Å². The van der Waals surface area contributed by atoms with Crippen molar-refractivity contribution in [3.63, 3.8) is 0 Å². The molecule has 0 saturated heterocycles. The molecule has 0 aromatic carbocycles. The molecule has 0 radical (unpaired) electrons. The van der Waals surface area contributed by atoms with Gasteiger partial charge in [0.05, 0.1) is 0 Å². The van der Waals surface area contributed by atoms with E-state index < -0.39 is 14.5 Å². The molecule has 8 heavy (non-hydrogen) atoms. The van der Waals surface area contributed by atoms with Crippen LogP contribution < -0.4 is 0 Å². The van der Waals surface area contributed by atoms with Gasteiger partial charge in [-0.3, -0.25) is 0 Å². The van der Waals surface area contributed by atoms with Gasteiger partial charge in [-0.2, -0.15) is 0 Å². The standard InChI is InChI=1S/C5H5.2ClH.Ir/c1-2-4-5-3-1;;;/h1-5H;2*1H;/q;;;+2/p-2. The normalized spacial score (nSPS) is 20.0. The van der Waals surface area contributed by atoms with Gasteiger partial charge in [0.1, 0.15) is 0 Å². The Kier molecular flexibility index (Phi) is 2.58. The molecule has 0 bridgehead atoms. The molecule has 0 atom stereocenters. The molecule has 1 rings (SSSR count). The summed E-state index contributed by atoms with van der Waals surface area (Å²) in [7, 11) is 11.4. The summed E-state index contributed by atoms with van der Waals surface area (Å²) in [5.41, 5.74) is 0. The fraction of sp³-hybridized carbons (Fsp3) is 0.200. The van der Waals surface area contributed by atoms with Crippen molar-refractivity contribution in [1.82, 2.24) is 0 Å². The van der Waals surface area contributed by atoms with Crippen molar-refractivity contribution < 1.29 is 14.5 Å². The minimum atomic E-state index is -1.69. The van der Waals surface area contributed by atoms with Gasteiger partial charge in [-0.25, -0.2) is 0 Å². The Hall–Kier alpha value is 0.709. The van der Waals surface area contributed by atoms with Crippen molar-refractivity contribution in [2.24, 2.45) is 0 Å². The Morgan fingerprint density at radius 3 is 1.88 bits per heavy atom. The van der Waals surface area contributed by atoms with E-state index in [0.29, 0.717) is 4.43 Å². The van der Waals surface area contributed by atoms with Crippen LogP contribution in [-0.4, -0.2) is 0 Å². The third kappa shape index (κ3) is 1.60. The van der Waals surface area contributed by atoms with Crippen LogP contribution in [0.4, 0.5) is 0 Å². The molecule has 1 aliphatic rings. The van der Waals surface area contributed by atoms with E-state index in [1.54, 1.807) is 0 Å². The summed E-state index contributed by atoms with van der Waals surface area (Å²) in [5.74, 6) is 0. The zero-order valence-corrected chi connectivity index (χ0v) is 7.88. The first kappa shape index (κ1) is 6.82. The Morgan fingerprint density at radius 1 is 1.12 bits per heavy atom. The second-order valence-corrected chi connectivity index (χ2v) is 9.86. The third-order valence-electron chi connectivity index (χ3n) is 0.852. The van der Waals surface area contributed by atoms with E-state index in [-0.39, 0.29) is 0 Å².